The highest BCUT2D eigenvalue weighted by molar-refractivity contribution is 5.94. The lowest BCUT2D eigenvalue weighted by molar-refractivity contribution is 0.457. The van der Waals surface area contributed by atoms with Gasteiger partial charge in [0, 0.05) is 11.1 Å². The van der Waals surface area contributed by atoms with Gasteiger partial charge in [0.15, 0.2) is 0 Å². The summed E-state index contributed by atoms with van der Waals surface area (Å²) in [7, 11) is 0. The zero-order valence-electron chi connectivity index (χ0n) is 11.6. The average molecular weight is 239 g/mol. The van der Waals surface area contributed by atoms with Crippen LogP contribution in [0.3, 0.4) is 0 Å². The Kier molecular flexibility index (Phi) is 2.11. The predicted molar refractivity (Wildman–Crippen MR) is 78.7 cm³/mol. The van der Waals surface area contributed by atoms with Gasteiger partial charge >= 0.3 is 0 Å². The Morgan fingerprint density at radius 1 is 0.889 bits per heavy atom. The Morgan fingerprint density at radius 3 is 2.11 bits per heavy atom. The SMILES string of the molecule is CC1(C)C(c2ccc3ccccc3c2N)C1(C)C. The molecule has 1 aliphatic rings. The molecule has 1 heteroatoms. The molecule has 0 spiro atoms. The minimum absolute atomic E-state index is 0.337. The Balaban J connectivity index is 2.19. The number of hydrogen-bond acceptors (Lipinski definition) is 1. The molecular weight excluding hydrogens is 218 g/mol. The van der Waals surface area contributed by atoms with Crippen LogP contribution in [0.5, 0.6) is 0 Å². The standard InChI is InChI=1S/C17H21N/c1-16(2)15(17(16,3)4)13-10-9-11-7-5-6-8-12(11)14(13)18/h5-10,15H,18H2,1-4H3. The average Bonchev–Trinajstić information content (AvgIpc) is 2.72. The monoisotopic (exact) mass is 239 g/mol. The van der Waals surface area contributed by atoms with E-state index in [0.29, 0.717) is 16.7 Å². The minimum atomic E-state index is 0.337. The van der Waals surface area contributed by atoms with Gasteiger partial charge in [0.2, 0.25) is 0 Å². The van der Waals surface area contributed by atoms with Crippen molar-refractivity contribution in [2.75, 3.05) is 5.73 Å². The molecule has 0 amide bonds. The van der Waals surface area contributed by atoms with Gasteiger partial charge in [0.25, 0.3) is 0 Å². The molecule has 1 saturated carbocycles. The largest absolute Gasteiger partial charge is 0.398 e. The fraction of sp³-hybridized carbons (Fsp3) is 0.412. The van der Waals surface area contributed by atoms with Gasteiger partial charge in [0.1, 0.15) is 0 Å². The van der Waals surface area contributed by atoms with Crippen molar-refractivity contribution in [1.82, 2.24) is 0 Å². The lowest BCUT2D eigenvalue weighted by atomic mass is 9.97. The summed E-state index contributed by atoms with van der Waals surface area (Å²) in [6, 6.07) is 12.8. The van der Waals surface area contributed by atoms with Crippen LogP contribution in [-0.4, -0.2) is 0 Å². The summed E-state index contributed by atoms with van der Waals surface area (Å²) in [6.45, 7) is 9.36. The molecule has 1 fully saturated rings. The summed E-state index contributed by atoms with van der Waals surface area (Å²) in [5, 5.41) is 2.42. The van der Waals surface area contributed by atoms with Crippen molar-refractivity contribution >= 4 is 16.5 Å². The predicted octanol–water partition coefficient (Wildman–Crippen LogP) is 4.57. The normalized spacial score (nSPS) is 21.1. The second-order valence-corrected chi connectivity index (χ2v) is 6.67. The van der Waals surface area contributed by atoms with Crippen molar-refractivity contribution < 1.29 is 0 Å². The molecule has 0 heterocycles. The van der Waals surface area contributed by atoms with Gasteiger partial charge in [0.05, 0.1) is 0 Å². The maximum atomic E-state index is 6.40. The third kappa shape index (κ3) is 1.28. The van der Waals surface area contributed by atoms with Crippen LogP contribution in [-0.2, 0) is 0 Å². The summed E-state index contributed by atoms with van der Waals surface area (Å²) in [5.74, 6) is 0.564. The maximum absolute atomic E-state index is 6.40. The van der Waals surface area contributed by atoms with Crippen molar-refractivity contribution in [3.8, 4) is 0 Å². The molecule has 18 heavy (non-hydrogen) atoms. The number of nitrogen functional groups attached to an aromatic ring is 1. The van der Waals surface area contributed by atoms with Gasteiger partial charge in [-0.2, -0.15) is 0 Å². The number of benzene rings is 2. The number of rotatable bonds is 1. The molecule has 0 unspecified atom stereocenters. The fourth-order valence-corrected chi connectivity index (χ4v) is 3.54. The summed E-state index contributed by atoms with van der Waals surface area (Å²) < 4.78 is 0. The fourth-order valence-electron chi connectivity index (χ4n) is 3.54. The Bertz CT molecular complexity index is 609. The van der Waals surface area contributed by atoms with E-state index in [1.54, 1.807) is 0 Å². The molecule has 0 radical (unpaired) electrons. The number of nitrogens with two attached hydrogens (primary N) is 1. The van der Waals surface area contributed by atoms with E-state index in [2.05, 4.69) is 64.1 Å². The van der Waals surface area contributed by atoms with Crippen molar-refractivity contribution in [3.63, 3.8) is 0 Å². The first-order chi connectivity index (χ1) is 8.37. The molecule has 0 bridgehead atoms. The van der Waals surface area contributed by atoms with E-state index in [1.165, 1.54) is 16.3 Å². The third-order valence-corrected chi connectivity index (χ3v) is 5.34. The van der Waals surface area contributed by atoms with Crippen LogP contribution in [0.2, 0.25) is 0 Å². The molecule has 0 aliphatic heterocycles. The van der Waals surface area contributed by atoms with Crippen LogP contribution in [0.4, 0.5) is 5.69 Å². The molecule has 3 rings (SSSR count). The first-order valence-electron chi connectivity index (χ1n) is 6.64. The Morgan fingerprint density at radius 2 is 1.50 bits per heavy atom. The Labute approximate surface area is 109 Å². The van der Waals surface area contributed by atoms with Gasteiger partial charge < -0.3 is 5.73 Å². The van der Waals surface area contributed by atoms with Crippen LogP contribution in [0.1, 0.15) is 39.2 Å². The number of hydrogen-bond donors (Lipinski definition) is 1. The van der Waals surface area contributed by atoms with Gasteiger partial charge in [-0.25, -0.2) is 0 Å². The van der Waals surface area contributed by atoms with E-state index in [1.807, 2.05) is 0 Å². The van der Waals surface area contributed by atoms with Gasteiger partial charge in [-0.3, -0.25) is 0 Å². The molecule has 2 N–H and O–H groups in total. The van der Waals surface area contributed by atoms with E-state index in [4.69, 9.17) is 5.73 Å². The van der Waals surface area contributed by atoms with Crippen LogP contribution in [0, 0.1) is 10.8 Å². The van der Waals surface area contributed by atoms with E-state index >= 15 is 0 Å². The highest BCUT2D eigenvalue weighted by atomic mass is 14.7. The molecule has 0 aromatic heterocycles. The van der Waals surface area contributed by atoms with Gasteiger partial charge in [-0.05, 0) is 27.7 Å². The zero-order valence-corrected chi connectivity index (χ0v) is 11.6. The van der Waals surface area contributed by atoms with Crippen LogP contribution < -0.4 is 5.73 Å². The third-order valence-electron chi connectivity index (χ3n) is 5.34. The lowest BCUT2D eigenvalue weighted by Gasteiger charge is -2.10. The summed E-state index contributed by atoms with van der Waals surface area (Å²) in [6.07, 6.45) is 0. The number of fused-ring (bicyclic) bond motifs is 1. The molecule has 94 valence electrons. The number of anilines is 1. The molecule has 0 saturated heterocycles. The Hall–Kier alpha value is -1.50. The zero-order chi connectivity index (χ0) is 13.1. The minimum Gasteiger partial charge on any atom is -0.398 e. The van der Waals surface area contributed by atoms with Gasteiger partial charge in [-0.15, -0.1) is 0 Å². The maximum Gasteiger partial charge on any atom is 0.0429 e. The van der Waals surface area contributed by atoms with E-state index < -0.39 is 0 Å². The molecule has 1 aliphatic carbocycles. The smallest absolute Gasteiger partial charge is 0.0429 e. The second kappa shape index (κ2) is 3.28. The van der Waals surface area contributed by atoms with E-state index in [-0.39, 0.29) is 0 Å². The molecule has 0 atom stereocenters. The summed E-state index contributed by atoms with van der Waals surface area (Å²) in [4.78, 5) is 0. The molecule has 1 nitrogen and oxygen atoms in total. The lowest BCUT2D eigenvalue weighted by Crippen LogP contribution is -1.97. The second-order valence-electron chi connectivity index (χ2n) is 6.67. The van der Waals surface area contributed by atoms with Crippen LogP contribution in [0.25, 0.3) is 10.8 Å². The van der Waals surface area contributed by atoms with Crippen molar-refractivity contribution in [3.05, 3.63) is 42.0 Å². The van der Waals surface area contributed by atoms with Crippen LogP contribution >= 0.6 is 0 Å². The summed E-state index contributed by atoms with van der Waals surface area (Å²) >= 11 is 0. The van der Waals surface area contributed by atoms with Gasteiger partial charge in [-0.1, -0.05) is 64.1 Å². The quantitative estimate of drug-likeness (QED) is 0.725. The first kappa shape index (κ1) is 11.6. The first-order valence-corrected chi connectivity index (χ1v) is 6.64. The van der Waals surface area contributed by atoms with Crippen molar-refractivity contribution in [2.24, 2.45) is 10.8 Å². The van der Waals surface area contributed by atoms with E-state index in [0.717, 1.165) is 5.69 Å². The van der Waals surface area contributed by atoms with Crippen molar-refractivity contribution in [1.29, 1.82) is 0 Å². The molecule has 2 aromatic rings. The van der Waals surface area contributed by atoms with Crippen LogP contribution in [0.15, 0.2) is 36.4 Å². The molecular formula is C17H21N. The molecule has 2 aromatic carbocycles. The highest BCUT2D eigenvalue weighted by Crippen LogP contribution is 2.74. The van der Waals surface area contributed by atoms with Crippen molar-refractivity contribution in [2.45, 2.75) is 33.6 Å². The van der Waals surface area contributed by atoms with E-state index in [9.17, 15) is 0 Å². The summed E-state index contributed by atoms with van der Waals surface area (Å²) in [5.41, 5.74) is 9.37. The topological polar surface area (TPSA) is 26.0 Å². The highest BCUT2D eigenvalue weighted by Gasteiger charge is 2.65.